The van der Waals surface area contributed by atoms with Crippen molar-refractivity contribution in [2.45, 2.75) is 24.3 Å². The number of hydrogen-bond donors (Lipinski definition) is 0. The van der Waals surface area contributed by atoms with Gasteiger partial charge in [0.1, 0.15) is 34.5 Å². The molecule has 3 aromatic heterocycles. The molecule has 0 aliphatic carbocycles. The number of hydrogen-bond acceptors (Lipinski definition) is 10. The molecule has 182 valence electrons. The minimum Gasteiger partial charge on any atom is -0.494 e. The van der Waals surface area contributed by atoms with Crippen molar-refractivity contribution in [2.75, 3.05) is 14.2 Å². The Morgan fingerprint density at radius 3 is 2.29 bits per heavy atom. The summed E-state index contributed by atoms with van der Waals surface area (Å²) in [7, 11) is -0.791. The maximum absolute atomic E-state index is 13.3. The summed E-state index contributed by atoms with van der Waals surface area (Å²) in [6, 6.07) is 8.54. The van der Waals surface area contributed by atoms with Crippen molar-refractivity contribution >= 4 is 9.84 Å². The monoisotopic (exact) mass is 499 g/mol. The molecule has 0 N–H and O–H groups in total. The molecule has 4 aromatic rings. The van der Waals surface area contributed by atoms with E-state index < -0.39 is 26.7 Å². The van der Waals surface area contributed by atoms with Gasteiger partial charge in [-0.3, -0.25) is 4.57 Å². The van der Waals surface area contributed by atoms with Crippen LogP contribution in [0.2, 0.25) is 0 Å². The Balaban J connectivity index is 1.79. The first kappa shape index (κ1) is 24.1. The minimum atomic E-state index is -3.77. The number of rotatable bonds is 9. The van der Waals surface area contributed by atoms with Crippen LogP contribution in [0.15, 0.2) is 48.9 Å². The van der Waals surface area contributed by atoms with Gasteiger partial charge in [0, 0.05) is 12.6 Å². The zero-order valence-corrected chi connectivity index (χ0v) is 20.0. The lowest BCUT2D eigenvalue weighted by Gasteiger charge is -2.18. The van der Waals surface area contributed by atoms with Gasteiger partial charge in [0.15, 0.2) is 27.3 Å². The van der Waals surface area contributed by atoms with Crippen LogP contribution in [-0.4, -0.2) is 62.8 Å². The first-order valence-electron chi connectivity index (χ1n) is 10.5. The zero-order valence-electron chi connectivity index (χ0n) is 19.2. The van der Waals surface area contributed by atoms with E-state index in [0.29, 0.717) is 22.9 Å². The fraction of sp³-hybridized carbons (Fsp3) is 0.273. The summed E-state index contributed by atoms with van der Waals surface area (Å²) in [5.74, 6) is 0.390. The van der Waals surface area contributed by atoms with Crippen molar-refractivity contribution in [3.63, 3.8) is 0 Å². The Kier molecular flexibility index (Phi) is 6.96. The molecule has 0 fully saturated rings. The van der Waals surface area contributed by atoms with Crippen LogP contribution >= 0.6 is 0 Å². The lowest BCUT2D eigenvalue weighted by atomic mass is 10.2. The number of para-hydroxylation sites is 1. The molecule has 35 heavy (non-hydrogen) atoms. The van der Waals surface area contributed by atoms with Gasteiger partial charge < -0.3 is 9.47 Å². The summed E-state index contributed by atoms with van der Waals surface area (Å²) in [6.07, 6.45) is 3.52. The fourth-order valence-electron chi connectivity index (χ4n) is 3.43. The van der Waals surface area contributed by atoms with E-state index in [1.54, 1.807) is 34.9 Å². The van der Waals surface area contributed by atoms with Gasteiger partial charge >= 0.3 is 0 Å². The van der Waals surface area contributed by atoms with E-state index >= 15 is 0 Å². The summed E-state index contributed by atoms with van der Waals surface area (Å²) >= 11 is 0. The van der Waals surface area contributed by atoms with Crippen molar-refractivity contribution < 1.29 is 22.3 Å². The van der Waals surface area contributed by atoms with E-state index in [1.165, 1.54) is 27.3 Å². The highest BCUT2D eigenvalue weighted by Gasteiger charge is 2.29. The molecule has 13 heteroatoms. The van der Waals surface area contributed by atoms with Crippen LogP contribution in [0.5, 0.6) is 11.5 Å². The Hall–Kier alpha value is -4.00. The average molecular weight is 500 g/mol. The zero-order chi connectivity index (χ0) is 25.0. The summed E-state index contributed by atoms with van der Waals surface area (Å²) in [4.78, 5) is 7.72. The maximum Gasteiger partial charge on any atom is 0.189 e. The third-order valence-electron chi connectivity index (χ3n) is 5.24. The summed E-state index contributed by atoms with van der Waals surface area (Å²) in [5.41, 5.74) is 0.798. The smallest absolute Gasteiger partial charge is 0.189 e. The highest BCUT2D eigenvalue weighted by Crippen LogP contribution is 2.36. The molecule has 0 unspecified atom stereocenters. The molecule has 0 bridgehead atoms. The Labute approximate surface area is 200 Å². The lowest BCUT2D eigenvalue weighted by molar-refractivity contribution is 0.390. The normalized spacial score (nSPS) is 12.3. The van der Waals surface area contributed by atoms with E-state index in [9.17, 15) is 12.8 Å². The van der Waals surface area contributed by atoms with E-state index in [0.717, 1.165) is 12.4 Å². The number of aromatic nitrogens is 7. The number of benzene rings is 1. The number of nitrogens with zero attached hydrogens (tertiary/aromatic N) is 7. The number of halogens is 1. The van der Waals surface area contributed by atoms with Gasteiger partial charge in [-0.25, -0.2) is 22.8 Å². The quantitative estimate of drug-likeness (QED) is 0.337. The second kappa shape index (κ2) is 10.1. The van der Waals surface area contributed by atoms with Crippen molar-refractivity contribution in [2.24, 2.45) is 0 Å². The molecule has 1 atom stereocenters. The van der Waals surface area contributed by atoms with Crippen LogP contribution in [0.1, 0.15) is 18.6 Å². The van der Waals surface area contributed by atoms with E-state index in [4.69, 9.17) is 9.47 Å². The number of methoxy groups -OCH3 is 2. The van der Waals surface area contributed by atoms with Crippen LogP contribution in [0, 0.1) is 5.82 Å². The van der Waals surface area contributed by atoms with Gasteiger partial charge in [-0.2, -0.15) is 5.10 Å². The van der Waals surface area contributed by atoms with Crippen molar-refractivity contribution in [1.82, 2.24) is 34.9 Å². The molecule has 0 amide bonds. The minimum absolute atomic E-state index is 0.00570. The topological polar surface area (TPSA) is 135 Å². The van der Waals surface area contributed by atoms with Gasteiger partial charge in [0.25, 0.3) is 0 Å². The fourth-order valence-corrected chi connectivity index (χ4v) is 4.67. The first-order valence-corrected chi connectivity index (χ1v) is 12.2. The first-order chi connectivity index (χ1) is 16.8. The summed E-state index contributed by atoms with van der Waals surface area (Å²) < 4.78 is 52.4. The van der Waals surface area contributed by atoms with Crippen molar-refractivity contribution in [3.8, 4) is 28.7 Å². The molecule has 11 nitrogen and oxygen atoms in total. The Morgan fingerprint density at radius 2 is 1.69 bits per heavy atom. The van der Waals surface area contributed by atoms with Gasteiger partial charge in [-0.1, -0.05) is 6.07 Å². The summed E-state index contributed by atoms with van der Waals surface area (Å²) in [5, 5.41) is 15.5. The van der Waals surface area contributed by atoms with E-state index in [1.807, 2.05) is 0 Å². The third-order valence-corrected chi connectivity index (χ3v) is 7.30. The predicted octanol–water partition coefficient (Wildman–Crippen LogP) is 2.22. The van der Waals surface area contributed by atoms with Gasteiger partial charge in [0.05, 0.1) is 31.9 Å². The number of sulfone groups is 1. The second-order valence-electron chi connectivity index (χ2n) is 7.53. The molecule has 4 rings (SSSR count). The van der Waals surface area contributed by atoms with Crippen molar-refractivity contribution in [1.29, 1.82) is 0 Å². The second-order valence-corrected chi connectivity index (χ2v) is 9.95. The molecule has 0 radical (unpaired) electrons. The molecule has 0 saturated carbocycles. The van der Waals surface area contributed by atoms with Crippen LogP contribution in [0.25, 0.3) is 17.2 Å². The molecule has 0 saturated heterocycles. The molecular weight excluding hydrogens is 477 g/mol. The highest BCUT2D eigenvalue weighted by atomic mass is 32.2. The van der Waals surface area contributed by atoms with Crippen LogP contribution in [0.3, 0.4) is 0 Å². The molecule has 0 aliphatic heterocycles. The van der Waals surface area contributed by atoms with Crippen LogP contribution < -0.4 is 9.47 Å². The summed E-state index contributed by atoms with van der Waals surface area (Å²) in [6.45, 7) is 1.54. The largest absolute Gasteiger partial charge is 0.494 e. The van der Waals surface area contributed by atoms with Gasteiger partial charge in [-0.05, 0) is 31.2 Å². The van der Waals surface area contributed by atoms with Gasteiger partial charge in [0.2, 0.25) is 0 Å². The molecule has 0 spiro atoms. The standard InChI is InChI=1S/C22H22FN7O4S/c1-14(10-19-24-11-15(23)12-25-19)35(31,32)13-20-28-29-22(16-6-5-9-26-27-16)30(20)21-17(33-2)7-4-8-18(21)34-3/h4-9,11-12,14H,10,13H2,1-3H3/t14-/m1/s1. The predicted molar refractivity (Wildman–Crippen MR) is 123 cm³/mol. The van der Waals surface area contributed by atoms with E-state index in [2.05, 4.69) is 30.4 Å². The molecule has 0 aliphatic rings. The molecular formula is C22H22FN7O4S. The molecule has 3 heterocycles. The highest BCUT2D eigenvalue weighted by molar-refractivity contribution is 7.91. The molecule has 1 aromatic carbocycles. The third kappa shape index (κ3) is 5.09. The Bertz CT molecular complexity index is 1390. The SMILES string of the molecule is COc1cccc(OC)c1-n1c(CS(=O)(=O)[C@H](C)Cc2ncc(F)cn2)nnc1-c1cccnn1. The maximum atomic E-state index is 13.3. The lowest BCUT2D eigenvalue weighted by Crippen LogP contribution is -2.24. The average Bonchev–Trinajstić information content (AvgIpc) is 3.27. The van der Waals surface area contributed by atoms with Gasteiger partial charge in [-0.15, -0.1) is 15.3 Å². The van der Waals surface area contributed by atoms with Crippen molar-refractivity contribution in [3.05, 3.63) is 66.4 Å². The van der Waals surface area contributed by atoms with E-state index in [-0.39, 0.29) is 23.9 Å². The Morgan fingerprint density at radius 1 is 1.00 bits per heavy atom. The van der Waals surface area contributed by atoms with Crippen LogP contribution in [-0.2, 0) is 22.0 Å². The van der Waals surface area contributed by atoms with Crippen LogP contribution in [0.4, 0.5) is 4.39 Å². The number of ether oxygens (including phenoxy) is 2.